The zero-order valence-corrected chi connectivity index (χ0v) is 18.5. The van der Waals surface area contributed by atoms with Gasteiger partial charge in [-0.25, -0.2) is 0 Å². The van der Waals surface area contributed by atoms with Crippen molar-refractivity contribution >= 4 is 11.8 Å². The summed E-state index contributed by atoms with van der Waals surface area (Å²) in [5.74, 6) is 1.49. The van der Waals surface area contributed by atoms with E-state index in [2.05, 4.69) is 10.2 Å². The van der Waals surface area contributed by atoms with Gasteiger partial charge in [-0.05, 0) is 42.7 Å². The van der Waals surface area contributed by atoms with Crippen LogP contribution in [0.2, 0.25) is 0 Å². The number of para-hydroxylation sites is 1. The molecular weight excluding hydrogens is 406 g/mol. The lowest BCUT2D eigenvalue weighted by atomic mass is 10.0. The second-order valence-electron chi connectivity index (χ2n) is 8.36. The normalized spacial score (nSPS) is 20.1. The number of carbonyl (C=O) groups excluding carboxylic acids is 2. The molecule has 32 heavy (non-hydrogen) atoms. The molecule has 0 bridgehead atoms. The van der Waals surface area contributed by atoms with Crippen molar-refractivity contribution in [2.45, 2.75) is 38.0 Å². The fourth-order valence-electron chi connectivity index (χ4n) is 4.38. The van der Waals surface area contributed by atoms with Crippen LogP contribution in [0, 0.1) is 0 Å². The van der Waals surface area contributed by atoms with Gasteiger partial charge in [-0.2, -0.15) is 0 Å². The second-order valence-corrected chi connectivity index (χ2v) is 8.36. The number of hydrogen-bond acceptors (Lipinski definition) is 5. The van der Waals surface area contributed by atoms with Crippen molar-refractivity contribution in [1.29, 1.82) is 0 Å². The van der Waals surface area contributed by atoms with Crippen LogP contribution >= 0.6 is 0 Å². The zero-order valence-electron chi connectivity index (χ0n) is 18.5. The van der Waals surface area contributed by atoms with Crippen molar-refractivity contribution < 1.29 is 19.1 Å². The molecule has 0 radical (unpaired) electrons. The van der Waals surface area contributed by atoms with Gasteiger partial charge in [0, 0.05) is 39.8 Å². The van der Waals surface area contributed by atoms with Crippen LogP contribution < -0.4 is 10.1 Å². The standard InChI is InChI=1S/C25H31N3O4/c1-31-20-10-13-27(14-11-20)24(29)17-23-25(30)26-12-15-28(23)18-19-6-5-9-22(16-19)32-21-7-3-2-4-8-21/h2-9,16,20,23H,10-15,17-18H2,1H3,(H,26,30)/t23-/m1/s1. The van der Waals surface area contributed by atoms with E-state index in [1.165, 1.54) is 0 Å². The molecule has 2 aliphatic rings. The SMILES string of the molecule is COC1CCN(C(=O)C[C@@H]2C(=O)NCCN2Cc2cccc(Oc3ccccc3)c2)CC1. The molecule has 0 spiro atoms. The molecule has 7 nitrogen and oxygen atoms in total. The Bertz CT molecular complexity index is 912. The van der Waals surface area contributed by atoms with Gasteiger partial charge in [0.25, 0.3) is 0 Å². The van der Waals surface area contributed by atoms with Crippen LogP contribution in [-0.4, -0.2) is 67.0 Å². The first-order valence-corrected chi connectivity index (χ1v) is 11.3. The first-order chi connectivity index (χ1) is 15.6. The number of nitrogens with one attached hydrogen (secondary N) is 1. The molecular formula is C25H31N3O4. The van der Waals surface area contributed by atoms with Crippen LogP contribution in [-0.2, 0) is 20.9 Å². The maximum atomic E-state index is 12.9. The van der Waals surface area contributed by atoms with E-state index in [0.29, 0.717) is 32.7 Å². The van der Waals surface area contributed by atoms with Gasteiger partial charge in [0.1, 0.15) is 11.5 Å². The molecule has 2 heterocycles. The fourth-order valence-corrected chi connectivity index (χ4v) is 4.38. The first-order valence-electron chi connectivity index (χ1n) is 11.3. The van der Waals surface area contributed by atoms with E-state index in [4.69, 9.17) is 9.47 Å². The van der Waals surface area contributed by atoms with Crippen LogP contribution in [0.5, 0.6) is 11.5 Å². The molecule has 2 aliphatic heterocycles. The zero-order chi connectivity index (χ0) is 22.3. The summed E-state index contributed by atoms with van der Waals surface area (Å²) in [5, 5.41) is 2.92. The average molecular weight is 438 g/mol. The lowest BCUT2D eigenvalue weighted by Crippen LogP contribution is -2.56. The summed E-state index contributed by atoms with van der Waals surface area (Å²) in [7, 11) is 1.71. The van der Waals surface area contributed by atoms with E-state index in [0.717, 1.165) is 29.9 Å². The highest BCUT2D eigenvalue weighted by Gasteiger charge is 2.33. The number of amides is 2. The van der Waals surface area contributed by atoms with E-state index >= 15 is 0 Å². The third kappa shape index (κ3) is 5.66. The number of rotatable bonds is 7. The van der Waals surface area contributed by atoms with E-state index in [1.54, 1.807) is 7.11 Å². The molecule has 2 amide bonds. The number of hydrogen-bond donors (Lipinski definition) is 1. The van der Waals surface area contributed by atoms with E-state index in [9.17, 15) is 9.59 Å². The first kappa shape index (κ1) is 22.3. The number of piperidine rings is 1. The number of nitrogens with zero attached hydrogens (tertiary/aromatic N) is 2. The summed E-state index contributed by atoms with van der Waals surface area (Å²) in [6.07, 6.45) is 2.11. The minimum absolute atomic E-state index is 0.0350. The van der Waals surface area contributed by atoms with Gasteiger partial charge in [0.15, 0.2) is 0 Å². The van der Waals surface area contributed by atoms with Crippen molar-refractivity contribution in [1.82, 2.24) is 15.1 Å². The van der Waals surface area contributed by atoms with Crippen LogP contribution in [0.1, 0.15) is 24.8 Å². The molecule has 170 valence electrons. The molecule has 0 aromatic heterocycles. The monoisotopic (exact) mass is 437 g/mol. The maximum absolute atomic E-state index is 12.9. The molecule has 2 aromatic carbocycles. The third-order valence-electron chi connectivity index (χ3n) is 6.20. The van der Waals surface area contributed by atoms with Crippen molar-refractivity contribution in [2.75, 3.05) is 33.3 Å². The molecule has 7 heteroatoms. The Balaban J connectivity index is 1.40. The van der Waals surface area contributed by atoms with E-state index in [1.807, 2.05) is 59.5 Å². The summed E-state index contributed by atoms with van der Waals surface area (Å²) < 4.78 is 11.3. The Labute approximate surface area is 189 Å². The van der Waals surface area contributed by atoms with E-state index in [-0.39, 0.29) is 24.3 Å². The fraction of sp³-hybridized carbons (Fsp3) is 0.440. The molecule has 1 N–H and O–H groups in total. The van der Waals surface area contributed by atoms with Gasteiger partial charge < -0.3 is 19.7 Å². The average Bonchev–Trinajstić information content (AvgIpc) is 2.82. The number of piperazine rings is 1. The summed E-state index contributed by atoms with van der Waals surface area (Å²) in [6.45, 7) is 3.25. The number of likely N-dealkylation sites (tertiary alicyclic amines) is 1. The highest BCUT2D eigenvalue weighted by atomic mass is 16.5. The van der Waals surface area contributed by atoms with Gasteiger partial charge in [0.2, 0.25) is 11.8 Å². The van der Waals surface area contributed by atoms with Gasteiger partial charge in [-0.1, -0.05) is 30.3 Å². The Hall–Kier alpha value is -2.90. The lowest BCUT2D eigenvalue weighted by Gasteiger charge is -2.37. The van der Waals surface area contributed by atoms with Crippen LogP contribution in [0.25, 0.3) is 0 Å². The topological polar surface area (TPSA) is 71.1 Å². The Morgan fingerprint density at radius 2 is 1.78 bits per heavy atom. The molecule has 4 rings (SSSR count). The van der Waals surface area contributed by atoms with E-state index < -0.39 is 6.04 Å². The number of benzene rings is 2. The Morgan fingerprint density at radius 3 is 2.53 bits per heavy atom. The quantitative estimate of drug-likeness (QED) is 0.721. The number of methoxy groups -OCH3 is 1. The predicted molar refractivity (Wildman–Crippen MR) is 121 cm³/mol. The molecule has 1 atom stereocenters. The maximum Gasteiger partial charge on any atom is 0.237 e. The Kier molecular flexibility index (Phi) is 7.39. The van der Waals surface area contributed by atoms with Crippen molar-refractivity contribution in [3.8, 4) is 11.5 Å². The summed E-state index contributed by atoms with van der Waals surface area (Å²) in [4.78, 5) is 29.5. The largest absolute Gasteiger partial charge is 0.457 e. The molecule has 2 saturated heterocycles. The van der Waals surface area contributed by atoms with Crippen LogP contribution in [0.4, 0.5) is 0 Å². The van der Waals surface area contributed by atoms with Crippen molar-refractivity contribution in [3.63, 3.8) is 0 Å². The number of ether oxygens (including phenoxy) is 2. The van der Waals surface area contributed by atoms with Gasteiger partial charge in [-0.3, -0.25) is 14.5 Å². The minimum Gasteiger partial charge on any atom is -0.457 e. The number of carbonyl (C=O) groups is 2. The molecule has 0 unspecified atom stereocenters. The molecule has 2 aromatic rings. The highest BCUT2D eigenvalue weighted by molar-refractivity contribution is 5.88. The van der Waals surface area contributed by atoms with Gasteiger partial charge >= 0.3 is 0 Å². The van der Waals surface area contributed by atoms with Gasteiger partial charge in [-0.15, -0.1) is 0 Å². The van der Waals surface area contributed by atoms with Crippen LogP contribution in [0.15, 0.2) is 54.6 Å². The summed E-state index contributed by atoms with van der Waals surface area (Å²) in [6, 6.07) is 17.1. The summed E-state index contributed by atoms with van der Waals surface area (Å²) >= 11 is 0. The summed E-state index contributed by atoms with van der Waals surface area (Å²) in [5.41, 5.74) is 1.05. The minimum atomic E-state index is -0.463. The van der Waals surface area contributed by atoms with Crippen LogP contribution in [0.3, 0.4) is 0 Å². The molecule has 2 fully saturated rings. The Morgan fingerprint density at radius 1 is 1.03 bits per heavy atom. The second kappa shape index (κ2) is 10.6. The predicted octanol–water partition coefficient (Wildman–Crippen LogP) is 2.81. The van der Waals surface area contributed by atoms with Crippen molar-refractivity contribution in [3.05, 3.63) is 60.2 Å². The lowest BCUT2D eigenvalue weighted by molar-refractivity contribution is -0.140. The van der Waals surface area contributed by atoms with Crippen molar-refractivity contribution in [2.24, 2.45) is 0 Å². The highest BCUT2D eigenvalue weighted by Crippen LogP contribution is 2.24. The molecule has 0 saturated carbocycles. The smallest absolute Gasteiger partial charge is 0.237 e. The third-order valence-corrected chi connectivity index (χ3v) is 6.20. The molecule has 0 aliphatic carbocycles. The van der Waals surface area contributed by atoms with Gasteiger partial charge in [0.05, 0.1) is 18.6 Å².